The molecule has 0 fully saturated rings. The summed E-state index contributed by atoms with van der Waals surface area (Å²) in [6.07, 6.45) is 0. The fourth-order valence-corrected chi connectivity index (χ4v) is 1.51. The number of hydrogen-bond donors (Lipinski definition) is 1. The molecule has 2 nitrogen and oxygen atoms in total. The Morgan fingerprint density at radius 3 is 2.05 bits per heavy atom. The second-order valence-electron chi connectivity index (χ2n) is 3.42. The van der Waals surface area contributed by atoms with Crippen LogP contribution in [0.5, 0.6) is 0 Å². The van der Waals surface area contributed by atoms with Crippen LogP contribution in [0.15, 0.2) is 18.2 Å². The SMILES string of the molecule is Fc1nc(F)c(F)c(Nc2cccc(Cl)c2F)c1F. The highest BCUT2D eigenvalue weighted by Gasteiger charge is 2.21. The minimum absolute atomic E-state index is 0.319. The molecule has 19 heavy (non-hydrogen) atoms. The van der Waals surface area contributed by atoms with Crippen LogP contribution in [0.25, 0.3) is 0 Å². The third-order valence-electron chi connectivity index (χ3n) is 2.21. The van der Waals surface area contributed by atoms with Crippen LogP contribution in [-0.4, -0.2) is 4.98 Å². The van der Waals surface area contributed by atoms with Crippen molar-refractivity contribution in [3.8, 4) is 0 Å². The van der Waals surface area contributed by atoms with Gasteiger partial charge in [0, 0.05) is 0 Å². The fourth-order valence-electron chi connectivity index (χ4n) is 1.33. The number of rotatable bonds is 2. The van der Waals surface area contributed by atoms with Crippen LogP contribution in [0.2, 0.25) is 5.02 Å². The molecule has 2 aromatic rings. The van der Waals surface area contributed by atoms with E-state index >= 15 is 0 Å². The fraction of sp³-hybridized carbons (Fsp3) is 0. The van der Waals surface area contributed by atoms with Gasteiger partial charge in [0.1, 0.15) is 5.69 Å². The van der Waals surface area contributed by atoms with Crippen LogP contribution in [-0.2, 0) is 0 Å². The quantitative estimate of drug-likeness (QED) is 0.664. The molecule has 0 aliphatic rings. The molecule has 0 saturated carbocycles. The van der Waals surface area contributed by atoms with Gasteiger partial charge >= 0.3 is 0 Å². The summed E-state index contributed by atoms with van der Waals surface area (Å²) in [6.45, 7) is 0. The number of pyridine rings is 1. The van der Waals surface area contributed by atoms with Crippen LogP contribution in [0.3, 0.4) is 0 Å². The normalized spacial score (nSPS) is 10.6. The molecule has 0 aliphatic heterocycles. The van der Waals surface area contributed by atoms with Gasteiger partial charge in [-0.1, -0.05) is 17.7 Å². The van der Waals surface area contributed by atoms with Crippen molar-refractivity contribution in [2.24, 2.45) is 0 Å². The summed E-state index contributed by atoms with van der Waals surface area (Å²) < 4.78 is 65.8. The number of hydrogen-bond acceptors (Lipinski definition) is 2. The summed E-state index contributed by atoms with van der Waals surface area (Å²) >= 11 is 5.46. The van der Waals surface area contributed by atoms with E-state index in [-0.39, 0.29) is 5.02 Å². The van der Waals surface area contributed by atoms with Crippen molar-refractivity contribution in [3.63, 3.8) is 0 Å². The third kappa shape index (κ3) is 2.46. The molecule has 100 valence electrons. The van der Waals surface area contributed by atoms with Gasteiger partial charge in [-0.2, -0.15) is 22.5 Å². The maximum absolute atomic E-state index is 13.5. The van der Waals surface area contributed by atoms with Crippen molar-refractivity contribution in [2.45, 2.75) is 0 Å². The molecule has 1 aromatic heterocycles. The summed E-state index contributed by atoms with van der Waals surface area (Å²) in [7, 11) is 0. The first kappa shape index (κ1) is 13.5. The Morgan fingerprint density at radius 1 is 0.895 bits per heavy atom. The first-order chi connectivity index (χ1) is 8.91. The molecule has 1 N–H and O–H groups in total. The van der Waals surface area contributed by atoms with Gasteiger partial charge in [-0.25, -0.2) is 4.39 Å². The van der Waals surface area contributed by atoms with Crippen molar-refractivity contribution in [2.75, 3.05) is 5.32 Å². The molecule has 0 saturated heterocycles. The minimum atomic E-state index is -1.84. The van der Waals surface area contributed by atoms with Crippen LogP contribution < -0.4 is 5.32 Å². The van der Waals surface area contributed by atoms with Crippen molar-refractivity contribution in [1.82, 2.24) is 4.98 Å². The number of halogens is 6. The summed E-state index contributed by atoms with van der Waals surface area (Å²) in [5.74, 6) is -8.23. The number of anilines is 2. The lowest BCUT2D eigenvalue weighted by atomic mass is 10.2. The minimum Gasteiger partial charge on any atom is -0.348 e. The van der Waals surface area contributed by atoms with E-state index in [1.165, 1.54) is 12.1 Å². The van der Waals surface area contributed by atoms with E-state index in [2.05, 4.69) is 4.98 Å². The molecule has 1 heterocycles. The molecular weight excluding hydrogens is 291 g/mol. The van der Waals surface area contributed by atoms with Crippen LogP contribution in [0, 0.1) is 29.3 Å². The van der Waals surface area contributed by atoms with Crippen LogP contribution in [0.4, 0.5) is 33.3 Å². The molecule has 1 aromatic carbocycles. The van der Waals surface area contributed by atoms with Crippen molar-refractivity contribution < 1.29 is 22.0 Å². The Balaban J connectivity index is 2.52. The molecule has 0 bridgehead atoms. The average Bonchev–Trinajstić information content (AvgIpc) is 2.37. The Hall–Kier alpha value is -1.89. The number of nitrogens with zero attached hydrogens (tertiary/aromatic N) is 1. The lowest BCUT2D eigenvalue weighted by Crippen LogP contribution is -2.07. The molecule has 0 amide bonds. The highest BCUT2D eigenvalue weighted by Crippen LogP contribution is 2.29. The topological polar surface area (TPSA) is 24.9 Å². The molecule has 0 unspecified atom stereocenters. The number of nitrogens with one attached hydrogen (secondary N) is 1. The van der Waals surface area contributed by atoms with Crippen LogP contribution in [0.1, 0.15) is 0 Å². The van der Waals surface area contributed by atoms with Gasteiger partial charge in [0.2, 0.25) is 11.6 Å². The van der Waals surface area contributed by atoms with Crippen molar-refractivity contribution in [3.05, 3.63) is 52.6 Å². The monoisotopic (exact) mass is 294 g/mol. The summed E-state index contributed by atoms with van der Waals surface area (Å²) in [5, 5.41) is 1.58. The second kappa shape index (κ2) is 5.00. The first-order valence-corrected chi connectivity index (χ1v) is 5.20. The molecule has 8 heteroatoms. The standard InChI is InChI=1S/C11H4ClF5N2/c12-4-2-1-3-5(6(4)13)18-9-7(14)10(16)19-11(17)8(9)15/h1-3H,(H,18,19). The first-order valence-electron chi connectivity index (χ1n) is 4.83. The smallest absolute Gasteiger partial charge is 0.253 e. The van der Waals surface area contributed by atoms with Crippen molar-refractivity contribution in [1.29, 1.82) is 0 Å². The van der Waals surface area contributed by atoms with Gasteiger partial charge in [-0.3, -0.25) is 0 Å². The maximum Gasteiger partial charge on any atom is 0.253 e. The van der Waals surface area contributed by atoms with Gasteiger partial charge in [0.15, 0.2) is 5.82 Å². The number of aromatic nitrogens is 1. The average molecular weight is 295 g/mol. The molecule has 0 aliphatic carbocycles. The highest BCUT2D eigenvalue weighted by atomic mass is 35.5. The van der Waals surface area contributed by atoms with E-state index in [9.17, 15) is 22.0 Å². The van der Waals surface area contributed by atoms with Gasteiger partial charge < -0.3 is 5.32 Å². The van der Waals surface area contributed by atoms with Crippen LogP contribution >= 0.6 is 11.6 Å². The number of benzene rings is 1. The zero-order valence-electron chi connectivity index (χ0n) is 8.95. The van der Waals surface area contributed by atoms with E-state index in [1.807, 2.05) is 5.32 Å². The maximum atomic E-state index is 13.5. The van der Waals surface area contributed by atoms with Gasteiger partial charge in [-0.15, -0.1) is 0 Å². The molecule has 0 atom stereocenters. The van der Waals surface area contributed by atoms with Gasteiger partial charge in [-0.05, 0) is 12.1 Å². The predicted molar refractivity (Wildman–Crippen MR) is 58.8 cm³/mol. The largest absolute Gasteiger partial charge is 0.348 e. The Kier molecular flexibility index (Phi) is 3.57. The predicted octanol–water partition coefficient (Wildman–Crippen LogP) is 4.17. The Bertz CT molecular complexity index is 621. The molecule has 2 rings (SSSR count). The van der Waals surface area contributed by atoms with E-state index in [0.717, 1.165) is 6.07 Å². The summed E-state index contributed by atoms with van der Waals surface area (Å²) in [6, 6.07) is 3.58. The molecule has 0 radical (unpaired) electrons. The summed E-state index contributed by atoms with van der Waals surface area (Å²) in [4.78, 5) is 2.37. The zero-order valence-corrected chi connectivity index (χ0v) is 9.70. The zero-order chi connectivity index (χ0) is 14.2. The van der Waals surface area contributed by atoms with Gasteiger partial charge in [0.05, 0.1) is 10.7 Å². The summed E-state index contributed by atoms with van der Waals surface area (Å²) in [5.41, 5.74) is -1.62. The van der Waals surface area contributed by atoms with E-state index < -0.39 is 40.7 Å². The molecule has 0 spiro atoms. The second-order valence-corrected chi connectivity index (χ2v) is 3.83. The van der Waals surface area contributed by atoms with E-state index in [0.29, 0.717) is 0 Å². The Labute approximate surface area is 108 Å². The van der Waals surface area contributed by atoms with E-state index in [1.54, 1.807) is 0 Å². The third-order valence-corrected chi connectivity index (χ3v) is 2.50. The van der Waals surface area contributed by atoms with Gasteiger partial charge in [0.25, 0.3) is 11.9 Å². The Morgan fingerprint density at radius 2 is 1.47 bits per heavy atom. The highest BCUT2D eigenvalue weighted by molar-refractivity contribution is 6.31. The molecular formula is C11H4ClF5N2. The van der Waals surface area contributed by atoms with Crippen molar-refractivity contribution >= 4 is 23.0 Å². The lowest BCUT2D eigenvalue weighted by Gasteiger charge is -2.10. The lowest BCUT2D eigenvalue weighted by molar-refractivity contribution is 0.411. The van der Waals surface area contributed by atoms with E-state index in [4.69, 9.17) is 11.6 Å².